The Bertz CT molecular complexity index is 3140. The fourth-order valence-electron chi connectivity index (χ4n) is 20.1. The van der Waals surface area contributed by atoms with Gasteiger partial charge in [0.25, 0.3) is 11.8 Å². The van der Waals surface area contributed by atoms with E-state index in [1.807, 2.05) is 27.7 Å². The highest BCUT2D eigenvalue weighted by Gasteiger charge is 2.92. The highest BCUT2D eigenvalue weighted by Crippen LogP contribution is 2.72. The third kappa shape index (κ3) is 23.8. The first kappa shape index (κ1) is 119. The number of hydrogen-bond acceptors (Lipinski definition) is 0. The van der Waals surface area contributed by atoms with Gasteiger partial charge >= 0.3 is 79.0 Å². The lowest BCUT2D eigenvalue weighted by atomic mass is 9.53. The van der Waals surface area contributed by atoms with Crippen LogP contribution in [-0.4, -0.2) is 145 Å². The highest BCUT2D eigenvalue weighted by molar-refractivity contribution is 5.21. The molecule has 0 amide bonds. The molecule has 0 aromatic rings. The van der Waals surface area contributed by atoms with Crippen molar-refractivity contribution in [2.45, 2.75) is 341 Å². The lowest BCUT2D eigenvalue weighted by Crippen LogP contribution is -2.77. The molecule has 0 radical (unpaired) electrons. The Morgan fingerprint density at radius 2 is 0.532 bits per heavy atom. The number of hydrogen-bond donors (Lipinski definition) is 0. The SMILES string of the molecule is CC1C(C(F)(F)F)C(C(F)(F)F)C(C)[C@@H](C)C1C(F)(F)F.CC1C(F)C(F)C(F)[C@@H](C)C1F.CC1C(F)C(F)[C@@H](C)C1F.CC1CC(C(F)(F)F)C[C@@H](C)C1.CC1CCCC(C(F)(F)F)[C@@H]1C.CC1C[C@H](C)CC(C(F)(F)F)C1C(F)(F)F.CC1[C@H]2CC[C@@H]1C2(C)C(F)(F)F.C[C@H]1C(F)(F)C(C)(F)C(F)(F)C(F)(F)C1(F)F.C[C@H]1C(F)(F)C(C)(F)C(F)(F)C1(F)F. The van der Waals surface area contributed by atoms with Crippen molar-refractivity contribution in [2.24, 2.45) is 153 Å². The molecule has 0 N–H and O–H groups in total. The average molecular weight is 1950 g/mol. The first-order valence-corrected chi connectivity index (χ1v) is 40.5. The van der Waals surface area contributed by atoms with Crippen LogP contribution >= 0.6 is 0 Å². The maximum Gasteiger partial charge on any atom is 0.394 e. The predicted molar refractivity (Wildman–Crippen MR) is 369 cm³/mol. The summed E-state index contributed by atoms with van der Waals surface area (Å²) in [5.74, 6) is -69.7. The van der Waals surface area contributed by atoms with Gasteiger partial charge in [0.1, 0.15) is 37.0 Å². The summed E-state index contributed by atoms with van der Waals surface area (Å²) in [5, 5.41) is 0. The standard InChI is InChI=1S/C12H15F9.C10H14F6.C9H13F3.2C9H15F3.C8H7F9.C8H12F4.C7H7F7.C7H11F3/c1-4-5(2)8(11(16,17)18)9(12(19,20)21)6(3)7(4)10(13,14)15;1-5-3-6(2)8(10(14,15)16)7(4-5)9(11,12)13;1-5-6-3-4-7(5)8(6,2)9(10,11)12;1-6-3-7(2)5-8(4-6)9(10,11)12;1-6-4-3-5-8(7(6)2)9(10,11)12;1-3-5(10,11)4(2,9)7(14,15)8(16,17)6(3,12)13;1-3-5(9)4(2)7(11)8(12)6(3)10;1-3-5(9,10)4(2,8)7(13,14)6(3,11)12;1-3-5(8)4(2)7(10)6(3)9/h4-9H,1-3H3;5-8H,3-4H2,1-2H3;5-7H,3-4H2,1-2H3;2*6-8H,3-5H2,1-2H3;3H,1-2H3;3-8H,1-2H3;3H,1-2H3;3-7H,1-2H3/t4-,5?,6?,7?,8?,9?;5-,6?,7?,8?;5?,6-,7+,8?;6-,7?,8?;6?,7-,8?;3-,4?;3-,4?,5?,6?,7?,8?;3-,4?;3-,4?,5?,6?,7?/m10.010000/s1. The van der Waals surface area contributed by atoms with E-state index in [1.54, 1.807) is 13.8 Å². The van der Waals surface area contributed by atoms with E-state index in [0.29, 0.717) is 32.1 Å². The van der Waals surface area contributed by atoms with Gasteiger partial charge in [0.05, 0.1) is 58.7 Å². The Morgan fingerprint density at radius 1 is 0.230 bits per heavy atom. The van der Waals surface area contributed by atoms with Crippen molar-refractivity contribution in [2.75, 3.05) is 0 Å². The molecule has 0 aromatic carbocycles. The molecule has 11 saturated carbocycles. The molecule has 11 aliphatic rings. The maximum absolute atomic E-state index is 13.2. The van der Waals surface area contributed by atoms with Crippen LogP contribution in [0.4, 0.5) is 206 Å². The zero-order chi connectivity index (χ0) is 101. The van der Waals surface area contributed by atoms with Crippen LogP contribution in [-0.2, 0) is 0 Å². The molecule has 754 valence electrons. The first-order valence-electron chi connectivity index (χ1n) is 40.5. The van der Waals surface area contributed by atoms with E-state index >= 15 is 0 Å². The van der Waals surface area contributed by atoms with Gasteiger partial charge in [0, 0.05) is 23.7 Å². The topological polar surface area (TPSA) is 0 Å². The molecule has 0 heterocycles. The summed E-state index contributed by atoms with van der Waals surface area (Å²) < 4.78 is 598. The van der Waals surface area contributed by atoms with E-state index in [1.165, 1.54) is 41.5 Å². The largest absolute Gasteiger partial charge is 0.394 e. The van der Waals surface area contributed by atoms with Crippen molar-refractivity contribution in [1.29, 1.82) is 0 Å². The number of rotatable bonds is 0. The van der Waals surface area contributed by atoms with E-state index in [9.17, 15) is 206 Å². The van der Waals surface area contributed by atoms with Gasteiger partial charge < -0.3 is 0 Å². The Kier molecular flexibility index (Phi) is 37.7. The second kappa shape index (κ2) is 39.9. The first-order chi connectivity index (χ1) is 55.4. The van der Waals surface area contributed by atoms with Gasteiger partial charge in [-0.1, -0.05) is 131 Å². The molecule has 35 atom stereocenters. The van der Waals surface area contributed by atoms with Gasteiger partial charge in [-0.2, -0.15) is 149 Å². The van der Waals surface area contributed by atoms with Crippen LogP contribution in [0, 0.1) is 153 Å². The molecule has 126 heavy (non-hydrogen) atoms. The zero-order valence-electron chi connectivity index (χ0n) is 71.3. The van der Waals surface area contributed by atoms with Crippen molar-refractivity contribution in [3.05, 3.63) is 0 Å². The highest BCUT2D eigenvalue weighted by atomic mass is 19.4. The van der Waals surface area contributed by atoms with Crippen molar-refractivity contribution in [1.82, 2.24) is 0 Å². The third-order valence-electron chi connectivity index (χ3n) is 28.6. The van der Waals surface area contributed by atoms with Gasteiger partial charge in [-0.25, -0.2) is 57.1 Å². The Balaban J connectivity index is 0.000000484. The van der Waals surface area contributed by atoms with E-state index in [2.05, 4.69) is 0 Å². The van der Waals surface area contributed by atoms with Gasteiger partial charge in [-0.05, 0) is 136 Å². The van der Waals surface area contributed by atoms with E-state index < -0.39 is 265 Å². The van der Waals surface area contributed by atoms with Gasteiger partial charge in [0.15, 0.2) is 6.17 Å². The van der Waals surface area contributed by atoms with Gasteiger partial charge in [-0.15, -0.1) is 0 Å². The summed E-state index contributed by atoms with van der Waals surface area (Å²) >= 11 is 0. The summed E-state index contributed by atoms with van der Waals surface area (Å²) in [6.07, 6.45) is -44.3. The van der Waals surface area contributed by atoms with Crippen LogP contribution < -0.4 is 0 Å². The van der Waals surface area contributed by atoms with Crippen LogP contribution in [0.15, 0.2) is 0 Å². The van der Waals surface area contributed by atoms with Crippen LogP contribution in [0.3, 0.4) is 0 Å². The molecule has 11 aliphatic carbocycles. The Labute approximate surface area is 699 Å². The van der Waals surface area contributed by atoms with Crippen LogP contribution in [0.25, 0.3) is 0 Å². The molecule has 0 saturated heterocycles. The average Bonchev–Trinajstić information content (AvgIpc) is 1.02. The summed E-state index contributed by atoms with van der Waals surface area (Å²) in [6.45, 7) is 20.8. The summed E-state index contributed by atoms with van der Waals surface area (Å²) in [4.78, 5) is 0. The third-order valence-corrected chi connectivity index (χ3v) is 28.6. The predicted octanol–water partition coefficient (Wildman–Crippen LogP) is 32.4. The monoisotopic (exact) mass is 1950 g/mol. The second-order valence-corrected chi connectivity index (χ2v) is 37.3. The fourth-order valence-corrected chi connectivity index (χ4v) is 20.1. The van der Waals surface area contributed by atoms with Gasteiger partial charge in [0.2, 0.25) is 11.3 Å². The molecule has 0 nitrogen and oxygen atoms in total. The molecule has 11 rings (SSSR count). The van der Waals surface area contributed by atoms with Gasteiger partial charge in [-0.3, -0.25) is 0 Å². The minimum atomic E-state index is -6.19. The fraction of sp³-hybridized carbons (Fsp3) is 1.00. The van der Waals surface area contributed by atoms with Crippen molar-refractivity contribution in [3.8, 4) is 0 Å². The molecular formula is C79H109F47. The Hall–Kier alpha value is -3.29. The molecule has 0 aliphatic heterocycles. The molecule has 11 fully saturated rings. The van der Waals surface area contributed by atoms with E-state index in [-0.39, 0.29) is 68.6 Å². The van der Waals surface area contributed by atoms with Crippen molar-refractivity contribution in [3.63, 3.8) is 0 Å². The normalized spacial score (nSPS) is 43.9. The van der Waals surface area contributed by atoms with Crippen molar-refractivity contribution < 1.29 is 206 Å². The smallest absolute Gasteiger partial charge is 0.247 e. The summed E-state index contributed by atoms with van der Waals surface area (Å²) in [5.41, 5.74) is -10.9. The zero-order valence-corrected chi connectivity index (χ0v) is 71.3. The van der Waals surface area contributed by atoms with Crippen molar-refractivity contribution >= 4 is 0 Å². The quantitative estimate of drug-likeness (QED) is 0.212. The van der Waals surface area contributed by atoms with Crippen LogP contribution in [0.1, 0.15) is 196 Å². The lowest BCUT2D eigenvalue weighted by molar-refractivity contribution is -0.431. The number of halogens is 47. The molecule has 0 aromatic heterocycles. The molecule has 25 unspecified atom stereocenters. The number of alkyl halides is 47. The molecule has 2 bridgehead atoms. The summed E-state index contributed by atoms with van der Waals surface area (Å²) in [7, 11) is 0. The maximum atomic E-state index is 13.2. The lowest BCUT2D eigenvalue weighted by Gasteiger charge is -2.53. The molecule has 0 spiro atoms. The Morgan fingerprint density at radius 3 is 0.802 bits per heavy atom. The van der Waals surface area contributed by atoms with E-state index in [0.717, 1.165) is 46.0 Å². The second-order valence-electron chi connectivity index (χ2n) is 37.3. The van der Waals surface area contributed by atoms with Crippen LogP contribution in [0.5, 0.6) is 0 Å². The summed E-state index contributed by atoms with van der Waals surface area (Å²) in [6, 6.07) is 0. The van der Waals surface area contributed by atoms with Crippen LogP contribution in [0.2, 0.25) is 0 Å². The van der Waals surface area contributed by atoms with E-state index in [4.69, 9.17) is 0 Å². The molecule has 47 heteroatoms. The number of fused-ring (bicyclic) bond motifs is 1. The molecular weight excluding hydrogens is 1840 g/mol. The minimum absolute atomic E-state index is 0.0949. The minimum Gasteiger partial charge on any atom is -0.247 e.